The molecule has 0 aliphatic heterocycles. The Morgan fingerprint density at radius 2 is 1.74 bits per heavy atom. The molecule has 0 aliphatic rings. The molecule has 0 spiro atoms. The number of amides is 1. The third-order valence-electron chi connectivity index (χ3n) is 3.59. The number of carboxylic acids is 1. The third-order valence-corrected chi connectivity index (χ3v) is 3.59. The molecular formula is C17H21N3O3. The van der Waals surface area contributed by atoms with Crippen LogP contribution in [0.2, 0.25) is 0 Å². The molecule has 23 heavy (non-hydrogen) atoms. The lowest BCUT2D eigenvalue weighted by molar-refractivity contribution is 0.0696. The van der Waals surface area contributed by atoms with Crippen molar-refractivity contribution in [3.8, 4) is 0 Å². The van der Waals surface area contributed by atoms with Gasteiger partial charge in [0.05, 0.1) is 17.8 Å². The first-order chi connectivity index (χ1) is 10.7. The molecule has 6 heteroatoms. The molecule has 1 atom stereocenters. The number of benzene rings is 1. The Morgan fingerprint density at radius 1 is 1.17 bits per heavy atom. The Labute approximate surface area is 135 Å². The van der Waals surface area contributed by atoms with Crippen LogP contribution in [-0.4, -0.2) is 26.8 Å². The van der Waals surface area contributed by atoms with Crippen LogP contribution in [0, 0.1) is 5.41 Å². The van der Waals surface area contributed by atoms with Gasteiger partial charge in [-0.15, -0.1) is 0 Å². The van der Waals surface area contributed by atoms with Gasteiger partial charge in [0.2, 0.25) is 0 Å². The van der Waals surface area contributed by atoms with Gasteiger partial charge in [-0.3, -0.25) is 9.48 Å². The molecule has 0 fully saturated rings. The molecule has 2 aromatic rings. The Bertz CT molecular complexity index is 711. The zero-order chi connectivity index (χ0) is 17.2. The standard InChI is InChI=1S/C17H21N3O3/c1-17(2,3)14(13-9-18-20(4)10-13)19-15(21)11-5-7-12(8-6-11)16(22)23/h5-10,14H,1-4H3,(H,19,21)(H,22,23)/t14-/m1/s1. The molecule has 0 saturated heterocycles. The number of hydrogen-bond acceptors (Lipinski definition) is 3. The normalized spacial score (nSPS) is 12.7. The van der Waals surface area contributed by atoms with Crippen LogP contribution in [0.3, 0.4) is 0 Å². The molecule has 0 bridgehead atoms. The van der Waals surface area contributed by atoms with Crippen LogP contribution in [0.15, 0.2) is 36.7 Å². The van der Waals surface area contributed by atoms with Gasteiger partial charge in [-0.05, 0) is 29.7 Å². The van der Waals surface area contributed by atoms with E-state index >= 15 is 0 Å². The number of rotatable bonds is 4. The zero-order valence-electron chi connectivity index (χ0n) is 13.7. The zero-order valence-corrected chi connectivity index (χ0v) is 13.7. The summed E-state index contributed by atoms with van der Waals surface area (Å²) in [6, 6.07) is 5.67. The van der Waals surface area contributed by atoms with Crippen molar-refractivity contribution in [3.05, 3.63) is 53.3 Å². The van der Waals surface area contributed by atoms with Crippen LogP contribution in [0.1, 0.15) is 53.1 Å². The molecule has 2 rings (SSSR count). The van der Waals surface area contributed by atoms with Crippen molar-refractivity contribution in [1.29, 1.82) is 0 Å². The van der Waals surface area contributed by atoms with Crippen LogP contribution in [0.4, 0.5) is 0 Å². The number of hydrogen-bond donors (Lipinski definition) is 2. The van der Waals surface area contributed by atoms with Gasteiger partial charge in [0, 0.05) is 24.4 Å². The molecule has 1 aromatic carbocycles. The van der Waals surface area contributed by atoms with Gasteiger partial charge in [0.15, 0.2) is 0 Å². The number of carbonyl (C=O) groups is 2. The fraction of sp³-hybridized carbons (Fsp3) is 0.353. The van der Waals surface area contributed by atoms with Crippen LogP contribution in [0.5, 0.6) is 0 Å². The molecular weight excluding hydrogens is 294 g/mol. The van der Waals surface area contributed by atoms with Crippen LogP contribution in [-0.2, 0) is 7.05 Å². The largest absolute Gasteiger partial charge is 0.478 e. The maximum atomic E-state index is 12.5. The van der Waals surface area contributed by atoms with Crippen molar-refractivity contribution in [2.24, 2.45) is 12.5 Å². The van der Waals surface area contributed by atoms with E-state index in [1.54, 1.807) is 10.9 Å². The maximum Gasteiger partial charge on any atom is 0.335 e. The summed E-state index contributed by atoms with van der Waals surface area (Å²) in [5.41, 5.74) is 1.31. The highest BCUT2D eigenvalue weighted by Crippen LogP contribution is 2.32. The first kappa shape index (κ1) is 16.7. The Hall–Kier alpha value is -2.63. The van der Waals surface area contributed by atoms with E-state index in [1.165, 1.54) is 24.3 Å². The highest BCUT2D eigenvalue weighted by atomic mass is 16.4. The smallest absolute Gasteiger partial charge is 0.335 e. The quantitative estimate of drug-likeness (QED) is 0.908. The van der Waals surface area contributed by atoms with Crippen LogP contribution >= 0.6 is 0 Å². The predicted octanol–water partition coefficient (Wildman–Crippen LogP) is 2.64. The Morgan fingerprint density at radius 3 is 2.17 bits per heavy atom. The summed E-state index contributed by atoms with van der Waals surface area (Å²) in [5.74, 6) is -1.26. The monoisotopic (exact) mass is 315 g/mol. The molecule has 2 N–H and O–H groups in total. The highest BCUT2D eigenvalue weighted by molar-refractivity contribution is 5.96. The number of nitrogens with zero attached hydrogens (tertiary/aromatic N) is 2. The average molecular weight is 315 g/mol. The summed E-state index contributed by atoms with van der Waals surface area (Å²) >= 11 is 0. The lowest BCUT2D eigenvalue weighted by Gasteiger charge is -2.30. The third kappa shape index (κ3) is 3.97. The molecule has 0 unspecified atom stereocenters. The van der Waals surface area contributed by atoms with E-state index in [-0.39, 0.29) is 22.9 Å². The van der Waals surface area contributed by atoms with E-state index in [1.807, 2.05) is 34.0 Å². The van der Waals surface area contributed by atoms with Gasteiger partial charge in [0.25, 0.3) is 5.91 Å². The predicted molar refractivity (Wildman–Crippen MR) is 86.3 cm³/mol. The van der Waals surface area contributed by atoms with Crippen molar-refractivity contribution in [1.82, 2.24) is 15.1 Å². The molecule has 0 saturated carbocycles. The molecule has 6 nitrogen and oxygen atoms in total. The van der Waals surface area contributed by atoms with Crippen molar-refractivity contribution < 1.29 is 14.7 Å². The minimum atomic E-state index is -1.01. The van der Waals surface area contributed by atoms with Crippen molar-refractivity contribution in [3.63, 3.8) is 0 Å². The van der Waals surface area contributed by atoms with Crippen LogP contribution in [0.25, 0.3) is 0 Å². The number of nitrogens with one attached hydrogen (secondary N) is 1. The minimum absolute atomic E-state index is 0.154. The second kappa shape index (κ2) is 6.24. The Kier molecular flexibility index (Phi) is 4.54. The van der Waals surface area contributed by atoms with Crippen LogP contribution < -0.4 is 5.32 Å². The van der Waals surface area contributed by atoms with Gasteiger partial charge < -0.3 is 10.4 Å². The molecule has 122 valence electrons. The SMILES string of the molecule is Cn1cc([C@@H](NC(=O)c2ccc(C(=O)O)cc2)C(C)(C)C)cn1. The average Bonchev–Trinajstić information content (AvgIpc) is 2.89. The summed E-state index contributed by atoms with van der Waals surface area (Å²) < 4.78 is 1.70. The molecule has 1 heterocycles. The van der Waals surface area contributed by atoms with Gasteiger partial charge in [-0.1, -0.05) is 20.8 Å². The first-order valence-corrected chi connectivity index (χ1v) is 7.31. The number of carboxylic acid groups (broad SMARTS) is 1. The van der Waals surface area contributed by atoms with E-state index in [0.29, 0.717) is 5.56 Å². The van der Waals surface area contributed by atoms with Gasteiger partial charge in [-0.25, -0.2) is 4.79 Å². The van der Waals surface area contributed by atoms with Gasteiger partial charge in [-0.2, -0.15) is 5.10 Å². The summed E-state index contributed by atoms with van der Waals surface area (Å²) in [4.78, 5) is 23.3. The van der Waals surface area contributed by atoms with E-state index < -0.39 is 5.97 Å². The Balaban J connectivity index is 2.22. The first-order valence-electron chi connectivity index (χ1n) is 7.31. The van der Waals surface area contributed by atoms with E-state index in [2.05, 4.69) is 10.4 Å². The lowest BCUT2D eigenvalue weighted by atomic mass is 9.83. The number of aromatic nitrogens is 2. The van der Waals surface area contributed by atoms with E-state index in [9.17, 15) is 9.59 Å². The number of carbonyl (C=O) groups excluding carboxylic acids is 1. The fourth-order valence-electron chi connectivity index (χ4n) is 2.37. The van der Waals surface area contributed by atoms with E-state index in [4.69, 9.17) is 5.11 Å². The molecule has 1 amide bonds. The molecule has 0 aliphatic carbocycles. The summed E-state index contributed by atoms with van der Waals surface area (Å²) in [6.45, 7) is 6.12. The summed E-state index contributed by atoms with van der Waals surface area (Å²) in [6.07, 6.45) is 3.62. The van der Waals surface area contributed by atoms with E-state index in [0.717, 1.165) is 5.56 Å². The lowest BCUT2D eigenvalue weighted by Crippen LogP contribution is -2.36. The molecule has 1 aromatic heterocycles. The van der Waals surface area contributed by atoms with Gasteiger partial charge >= 0.3 is 5.97 Å². The number of aryl methyl sites for hydroxylation is 1. The van der Waals surface area contributed by atoms with Crippen molar-refractivity contribution >= 4 is 11.9 Å². The second-order valence-electron chi connectivity index (χ2n) is 6.60. The molecule has 0 radical (unpaired) electrons. The summed E-state index contributed by atoms with van der Waals surface area (Å²) in [5, 5.41) is 16.1. The fourth-order valence-corrected chi connectivity index (χ4v) is 2.37. The maximum absolute atomic E-state index is 12.5. The highest BCUT2D eigenvalue weighted by Gasteiger charge is 2.29. The van der Waals surface area contributed by atoms with Gasteiger partial charge in [0.1, 0.15) is 0 Å². The summed E-state index contributed by atoms with van der Waals surface area (Å²) in [7, 11) is 1.83. The van der Waals surface area contributed by atoms with Crippen molar-refractivity contribution in [2.75, 3.05) is 0 Å². The minimum Gasteiger partial charge on any atom is -0.478 e. The second-order valence-corrected chi connectivity index (χ2v) is 6.60. The topological polar surface area (TPSA) is 84.2 Å². The van der Waals surface area contributed by atoms with Crippen molar-refractivity contribution in [2.45, 2.75) is 26.8 Å². The number of aromatic carboxylic acids is 1.